The van der Waals surface area contributed by atoms with Crippen LogP contribution >= 0.6 is 35.7 Å². The van der Waals surface area contributed by atoms with Gasteiger partial charge in [-0.2, -0.15) is 0 Å². The Balaban J connectivity index is 0.00000312. The highest BCUT2D eigenvalue weighted by Crippen LogP contribution is 2.20. The van der Waals surface area contributed by atoms with E-state index in [1.54, 1.807) is 13.1 Å². The first-order valence-electron chi connectivity index (χ1n) is 8.40. The van der Waals surface area contributed by atoms with Crippen LogP contribution in [-0.4, -0.2) is 55.9 Å². The number of halogens is 2. The molecule has 7 heteroatoms. The Morgan fingerprint density at radius 3 is 2.76 bits per heavy atom. The molecule has 0 bridgehead atoms. The summed E-state index contributed by atoms with van der Waals surface area (Å²) in [5.74, 6) is 1.46. The van der Waals surface area contributed by atoms with Gasteiger partial charge in [0.15, 0.2) is 5.96 Å². The molecule has 0 amide bonds. The van der Waals surface area contributed by atoms with Crippen LogP contribution in [0.1, 0.15) is 12.8 Å². The average Bonchev–Trinajstić information content (AvgIpc) is 2.61. The van der Waals surface area contributed by atoms with Crippen LogP contribution in [0, 0.1) is 5.82 Å². The summed E-state index contributed by atoms with van der Waals surface area (Å²) >= 11 is 1.52. The number of likely N-dealkylation sites (tertiary alicyclic amines) is 1. The Bertz CT molecular complexity index is 548. The van der Waals surface area contributed by atoms with Crippen molar-refractivity contribution in [2.75, 3.05) is 39.0 Å². The number of aliphatic imine (C=N–C) groups is 1. The molecule has 1 heterocycles. The minimum Gasteiger partial charge on any atom is -0.356 e. The molecule has 2 N–H and O–H groups in total. The number of nitrogens with zero attached hydrogens (tertiary/aromatic N) is 2. The third-order valence-corrected chi connectivity index (χ3v) is 5.08. The normalized spacial score (nSPS) is 16.2. The molecule has 0 saturated carbocycles. The summed E-state index contributed by atoms with van der Waals surface area (Å²) in [5, 5.41) is 6.79. The van der Waals surface area contributed by atoms with Crippen LogP contribution in [0.4, 0.5) is 4.39 Å². The lowest BCUT2D eigenvalue weighted by Gasteiger charge is -2.32. The number of piperidine rings is 1. The molecule has 0 spiro atoms. The number of benzene rings is 1. The zero-order valence-electron chi connectivity index (χ0n) is 14.7. The number of hydrogen-bond acceptors (Lipinski definition) is 3. The third-order valence-electron chi connectivity index (χ3n) is 4.03. The quantitative estimate of drug-likeness (QED) is 0.158. The van der Waals surface area contributed by atoms with Crippen LogP contribution in [0.5, 0.6) is 0 Å². The zero-order chi connectivity index (χ0) is 17.2. The summed E-state index contributed by atoms with van der Waals surface area (Å²) in [6, 6.07) is 7.33. The molecule has 1 aromatic carbocycles. The predicted octanol–water partition coefficient (Wildman–Crippen LogP) is 3.35. The SMILES string of the molecule is C=CCN1CCC(NC(=NC)NCCSc2ccccc2F)CC1.I. The summed E-state index contributed by atoms with van der Waals surface area (Å²) < 4.78 is 13.5. The molecule has 1 aliphatic rings. The van der Waals surface area contributed by atoms with E-state index in [1.807, 2.05) is 18.2 Å². The second kappa shape index (κ2) is 12.5. The molecule has 0 radical (unpaired) electrons. The van der Waals surface area contributed by atoms with Crippen molar-refractivity contribution >= 4 is 41.7 Å². The van der Waals surface area contributed by atoms with Crippen LogP contribution < -0.4 is 10.6 Å². The first-order valence-corrected chi connectivity index (χ1v) is 9.39. The Morgan fingerprint density at radius 2 is 2.12 bits per heavy atom. The van der Waals surface area contributed by atoms with Crippen molar-refractivity contribution in [2.45, 2.75) is 23.8 Å². The highest BCUT2D eigenvalue weighted by atomic mass is 127. The molecule has 1 aliphatic heterocycles. The Hall–Kier alpha value is -0.800. The number of nitrogens with one attached hydrogen (secondary N) is 2. The zero-order valence-corrected chi connectivity index (χ0v) is 17.9. The number of thioether (sulfide) groups is 1. The molecule has 1 saturated heterocycles. The van der Waals surface area contributed by atoms with Crippen molar-refractivity contribution in [1.82, 2.24) is 15.5 Å². The van der Waals surface area contributed by atoms with Crippen LogP contribution in [-0.2, 0) is 0 Å². The van der Waals surface area contributed by atoms with Crippen molar-refractivity contribution in [3.63, 3.8) is 0 Å². The monoisotopic (exact) mass is 478 g/mol. The summed E-state index contributed by atoms with van der Waals surface area (Å²) in [5.41, 5.74) is 0. The Kier molecular flexibility index (Phi) is 11.2. The van der Waals surface area contributed by atoms with Gasteiger partial charge in [0.05, 0.1) is 0 Å². The van der Waals surface area contributed by atoms with Gasteiger partial charge in [0.1, 0.15) is 5.82 Å². The van der Waals surface area contributed by atoms with E-state index in [2.05, 4.69) is 27.1 Å². The molecule has 4 nitrogen and oxygen atoms in total. The van der Waals surface area contributed by atoms with Crippen molar-refractivity contribution in [3.8, 4) is 0 Å². The molecular formula is C18H28FIN4S. The van der Waals surface area contributed by atoms with E-state index in [-0.39, 0.29) is 29.8 Å². The first kappa shape index (κ1) is 22.2. The summed E-state index contributed by atoms with van der Waals surface area (Å²) in [6.45, 7) is 7.68. The average molecular weight is 478 g/mol. The molecule has 2 rings (SSSR count). The third kappa shape index (κ3) is 7.96. The van der Waals surface area contributed by atoms with Crippen LogP contribution in [0.15, 0.2) is 46.8 Å². The fourth-order valence-corrected chi connectivity index (χ4v) is 3.53. The Morgan fingerprint density at radius 1 is 1.40 bits per heavy atom. The van der Waals surface area contributed by atoms with E-state index in [4.69, 9.17) is 0 Å². The van der Waals surface area contributed by atoms with Crippen molar-refractivity contribution in [2.24, 2.45) is 4.99 Å². The maximum Gasteiger partial charge on any atom is 0.191 e. The topological polar surface area (TPSA) is 39.7 Å². The Labute approximate surface area is 171 Å². The predicted molar refractivity (Wildman–Crippen MR) is 117 cm³/mol. The molecule has 1 fully saturated rings. The van der Waals surface area contributed by atoms with Crippen molar-refractivity contribution < 1.29 is 4.39 Å². The largest absolute Gasteiger partial charge is 0.356 e. The van der Waals surface area contributed by atoms with E-state index < -0.39 is 0 Å². The number of hydrogen-bond donors (Lipinski definition) is 2. The molecule has 0 unspecified atom stereocenters. The second-order valence-corrected chi connectivity index (χ2v) is 6.92. The number of rotatable bonds is 7. The standard InChI is InChI=1S/C18H27FN4S.HI/c1-3-11-23-12-8-15(9-13-23)22-18(20-2)21-10-14-24-17-7-5-4-6-16(17)19;/h3-7,15H,1,8-14H2,2H3,(H2,20,21,22);1H. The first-order chi connectivity index (χ1) is 11.7. The second-order valence-electron chi connectivity index (χ2n) is 5.79. The van der Waals surface area contributed by atoms with Crippen molar-refractivity contribution in [1.29, 1.82) is 0 Å². The maximum atomic E-state index is 13.5. The molecule has 0 aromatic heterocycles. The van der Waals surface area contributed by atoms with Crippen LogP contribution in [0.3, 0.4) is 0 Å². The fourth-order valence-electron chi connectivity index (χ4n) is 2.72. The highest BCUT2D eigenvalue weighted by Gasteiger charge is 2.18. The lowest BCUT2D eigenvalue weighted by molar-refractivity contribution is 0.225. The van der Waals surface area contributed by atoms with Crippen LogP contribution in [0.25, 0.3) is 0 Å². The summed E-state index contributed by atoms with van der Waals surface area (Å²) in [6.07, 6.45) is 4.18. The molecule has 0 aliphatic carbocycles. The molecule has 140 valence electrons. The van der Waals surface area contributed by atoms with Crippen molar-refractivity contribution in [3.05, 3.63) is 42.7 Å². The summed E-state index contributed by atoms with van der Waals surface area (Å²) in [7, 11) is 1.78. The number of guanidine groups is 1. The van der Waals surface area contributed by atoms with E-state index in [0.717, 1.165) is 50.7 Å². The van der Waals surface area contributed by atoms with Gasteiger partial charge in [-0.05, 0) is 25.0 Å². The van der Waals surface area contributed by atoms with E-state index in [1.165, 1.54) is 17.8 Å². The van der Waals surface area contributed by atoms with Gasteiger partial charge in [0.25, 0.3) is 0 Å². The minimum atomic E-state index is -0.156. The maximum absolute atomic E-state index is 13.5. The molecule has 25 heavy (non-hydrogen) atoms. The van der Waals surface area contributed by atoms with Gasteiger partial charge in [0, 0.05) is 49.9 Å². The molecule has 1 aromatic rings. The smallest absolute Gasteiger partial charge is 0.191 e. The lowest BCUT2D eigenvalue weighted by atomic mass is 10.1. The van der Waals surface area contributed by atoms with Gasteiger partial charge < -0.3 is 10.6 Å². The van der Waals surface area contributed by atoms with Crippen LogP contribution in [0.2, 0.25) is 0 Å². The van der Waals surface area contributed by atoms with Gasteiger partial charge in [0.2, 0.25) is 0 Å². The van der Waals surface area contributed by atoms with E-state index in [9.17, 15) is 4.39 Å². The van der Waals surface area contributed by atoms with E-state index in [0.29, 0.717) is 10.9 Å². The lowest BCUT2D eigenvalue weighted by Crippen LogP contribution is -2.49. The van der Waals surface area contributed by atoms with Gasteiger partial charge in [-0.25, -0.2) is 4.39 Å². The van der Waals surface area contributed by atoms with E-state index >= 15 is 0 Å². The summed E-state index contributed by atoms with van der Waals surface area (Å²) in [4.78, 5) is 7.38. The highest BCUT2D eigenvalue weighted by molar-refractivity contribution is 14.0. The van der Waals surface area contributed by atoms with Gasteiger partial charge in [-0.3, -0.25) is 9.89 Å². The fraction of sp³-hybridized carbons (Fsp3) is 0.500. The molecule has 0 atom stereocenters. The van der Waals surface area contributed by atoms with Gasteiger partial charge >= 0.3 is 0 Å². The van der Waals surface area contributed by atoms with Gasteiger partial charge in [-0.15, -0.1) is 42.3 Å². The molecular weight excluding hydrogens is 450 g/mol. The minimum absolute atomic E-state index is 0. The van der Waals surface area contributed by atoms with Gasteiger partial charge in [-0.1, -0.05) is 18.2 Å².